The first-order valence-electron chi connectivity index (χ1n) is 7.44. The van der Waals surface area contributed by atoms with Gasteiger partial charge in [-0.25, -0.2) is 0 Å². The van der Waals surface area contributed by atoms with Gasteiger partial charge in [-0.2, -0.15) is 0 Å². The molecule has 21 heavy (non-hydrogen) atoms. The number of nitrogens with one attached hydrogen (secondary N) is 1. The molecule has 1 saturated heterocycles. The summed E-state index contributed by atoms with van der Waals surface area (Å²) in [6.45, 7) is 2.71. The minimum absolute atomic E-state index is 0.185. The summed E-state index contributed by atoms with van der Waals surface area (Å²) in [6, 6.07) is 5.40. The number of benzene rings is 1. The molecule has 1 aliphatic rings. The first kappa shape index (κ1) is 16.6. The largest absolute Gasteiger partial charge is 0.341 e. The third kappa shape index (κ3) is 5.50. The van der Waals surface area contributed by atoms with Gasteiger partial charge < -0.3 is 10.2 Å². The molecule has 0 radical (unpaired) electrons. The Kier molecular flexibility index (Phi) is 6.34. The highest BCUT2D eigenvalue weighted by atomic mass is 35.5. The van der Waals surface area contributed by atoms with Crippen molar-refractivity contribution in [2.45, 2.75) is 32.2 Å². The molecule has 0 unspecified atom stereocenters. The third-order valence-electron chi connectivity index (χ3n) is 3.99. The van der Waals surface area contributed by atoms with Crippen molar-refractivity contribution in [3.63, 3.8) is 0 Å². The van der Waals surface area contributed by atoms with Gasteiger partial charge >= 0.3 is 0 Å². The number of hydrogen-bond acceptors (Lipinski definition) is 2. The molecule has 0 atom stereocenters. The number of halogens is 2. The van der Waals surface area contributed by atoms with Crippen LogP contribution in [0.25, 0.3) is 0 Å². The highest BCUT2D eigenvalue weighted by Crippen LogP contribution is 2.21. The van der Waals surface area contributed by atoms with Gasteiger partial charge in [0, 0.05) is 30.1 Å². The number of carbonyl (C=O) groups excluding carboxylic acids is 1. The van der Waals surface area contributed by atoms with Crippen LogP contribution in [0.2, 0.25) is 10.0 Å². The van der Waals surface area contributed by atoms with E-state index >= 15 is 0 Å². The lowest BCUT2D eigenvalue weighted by molar-refractivity contribution is -0.130. The Morgan fingerprint density at radius 1 is 1.24 bits per heavy atom. The SMILES string of the molecule is CN(Cc1cc(Cl)cc(Cl)c1)C(=O)CCC1CCNCC1. The molecular weight excluding hydrogens is 307 g/mol. The van der Waals surface area contributed by atoms with E-state index in [1.807, 2.05) is 19.2 Å². The molecule has 0 aliphatic carbocycles. The van der Waals surface area contributed by atoms with Crippen LogP contribution in [-0.2, 0) is 11.3 Å². The lowest BCUT2D eigenvalue weighted by Crippen LogP contribution is -2.30. The number of hydrogen-bond donors (Lipinski definition) is 1. The molecule has 3 nitrogen and oxygen atoms in total. The summed E-state index contributed by atoms with van der Waals surface area (Å²) in [4.78, 5) is 14.0. The van der Waals surface area contributed by atoms with Gasteiger partial charge in [-0.15, -0.1) is 0 Å². The Morgan fingerprint density at radius 2 is 1.86 bits per heavy atom. The molecule has 1 amide bonds. The molecule has 5 heteroatoms. The van der Waals surface area contributed by atoms with Gasteiger partial charge in [0.15, 0.2) is 0 Å². The summed E-state index contributed by atoms with van der Waals surface area (Å²) < 4.78 is 0. The Labute approximate surface area is 136 Å². The quantitative estimate of drug-likeness (QED) is 0.893. The van der Waals surface area contributed by atoms with Crippen molar-refractivity contribution < 1.29 is 4.79 Å². The summed E-state index contributed by atoms with van der Waals surface area (Å²) in [5, 5.41) is 4.56. The predicted octanol–water partition coefficient (Wildman–Crippen LogP) is 3.73. The second-order valence-electron chi connectivity index (χ2n) is 5.76. The molecule has 0 bridgehead atoms. The Bertz CT molecular complexity index is 467. The van der Waals surface area contributed by atoms with Crippen LogP contribution in [0.4, 0.5) is 0 Å². The lowest BCUT2D eigenvalue weighted by Gasteiger charge is -2.23. The van der Waals surface area contributed by atoms with Gasteiger partial charge in [0.1, 0.15) is 0 Å². The highest BCUT2D eigenvalue weighted by molar-refractivity contribution is 6.34. The molecule has 1 N–H and O–H groups in total. The zero-order valence-corrected chi connectivity index (χ0v) is 13.9. The van der Waals surface area contributed by atoms with E-state index in [-0.39, 0.29) is 5.91 Å². The molecule has 2 rings (SSSR count). The maximum Gasteiger partial charge on any atom is 0.222 e. The highest BCUT2D eigenvalue weighted by Gasteiger charge is 2.16. The van der Waals surface area contributed by atoms with Crippen molar-refractivity contribution >= 4 is 29.1 Å². The average Bonchev–Trinajstić information content (AvgIpc) is 2.44. The van der Waals surface area contributed by atoms with Crippen molar-refractivity contribution in [1.82, 2.24) is 10.2 Å². The van der Waals surface area contributed by atoms with Gasteiger partial charge in [0.05, 0.1) is 0 Å². The van der Waals surface area contributed by atoms with Gasteiger partial charge in [0.2, 0.25) is 5.91 Å². The van der Waals surface area contributed by atoms with Crippen LogP contribution in [0, 0.1) is 5.92 Å². The molecule has 116 valence electrons. The van der Waals surface area contributed by atoms with Crippen molar-refractivity contribution in [1.29, 1.82) is 0 Å². The first-order valence-corrected chi connectivity index (χ1v) is 8.20. The van der Waals surface area contributed by atoms with E-state index in [0.717, 1.165) is 25.1 Å². The lowest BCUT2D eigenvalue weighted by atomic mass is 9.93. The molecule has 1 aromatic carbocycles. The van der Waals surface area contributed by atoms with E-state index in [9.17, 15) is 4.79 Å². The van der Waals surface area contributed by atoms with Crippen LogP contribution in [-0.4, -0.2) is 30.9 Å². The smallest absolute Gasteiger partial charge is 0.222 e. The van der Waals surface area contributed by atoms with E-state index in [2.05, 4.69) is 5.32 Å². The first-order chi connectivity index (χ1) is 10.0. The van der Waals surface area contributed by atoms with Crippen LogP contribution in [0.5, 0.6) is 0 Å². The molecule has 0 saturated carbocycles. The molecule has 0 aromatic heterocycles. The Morgan fingerprint density at radius 3 is 2.48 bits per heavy atom. The minimum atomic E-state index is 0.185. The monoisotopic (exact) mass is 328 g/mol. The van der Waals surface area contributed by atoms with Gasteiger partial charge in [-0.1, -0.05) is 23.2 Å². The summed E-state index contributed by atoms with van der Waals surface area (Å²) in [5.74, 6) is 0.869. The van der Waals surface area contributed by atoms with E-state index in [0.29, 0.717) is 28.9 Å². The second kappa shape index (κ2) is 8.02. The summed E-state index contributed by atoms with van der Waals surface area (Å²) in [5.41, 5.74) is 0.963. The molecule has 1 fully saturated rings. The standard InChI is InChI=1S/C16H22Cl2N2O/c1-20(11-13-8-14(17)10-15(18)9-13)16(21)3-2-12-4-6-19-7-5-12/h8-10,12,19H,2-7,11H2,1H3. The topological polar surface area (TPSA) is 32.3 Å². The number of piperidine rings is 1. The zero-order chi connectivity index (χ0) is 15.2. The molecule has 0 spiro atoms. The maximum absolute atomic E-state index is 12.2. The number of carbonyl (C=O) groups is 1. The average molecular weight is 329 g/mol. The molecular formula is C16H22Cl2N2O. The maximum atomic E-state index is 12.2. The molecule has 1 heterocycles. The van der Waals surface area contributed by atoms with Gasteiger partial charge in [-0.05, 0) is 62.0 Å². The van der Waals surface area contributed by atoms with Crippen LogP contribution in [0.1, 0.15) is 31.2 Å². The fraction of sp³-hybridized carbons (Fsp3) is 0.562. The van der Waals surface area contributed by atoms with Crippen LogP contribution in [0.3, 0.4) is 0 Å². The zero-order valence-electron chi connectivity index (χ0n) is 12.4. The second-order valence-corrected chi connectivity index (χ2v) is 6.63. The fourth-order valence-corrected chi connectivity index (χ4v) is 3.32. The van der Waals surface area contributed by atoms with Crippen molar-refractivity contribution in [2.75, 3.05) is 20.1 Å². The van der Waals surface area contributed by atoms with Crippen molar-refractivity contribution in [3.05, 3.63) is 33.8 Å². The van der Waals surface area contributed by atoms with Crippen LogP contribution < -0.4 is 5.32 Å². The van der Waals surface area contributed by atoms with Crippen molar-refractivity contribution in [2.24, 2.45) is 5.92 Å². The van der Waals surface area contributed by atoms with Crippen LogP contribution in [0.15, 0.2) is 18.2 Å². The Hall–Kier alpha value is -0.770. The van der Waals surface area contributed by atoms with E-state index in [1.165, 1.54) is 12.8 Å². The van der Waals surface area contributed by atoms with E-state index in [4.69, 9.17) is 23.2 Å². The van der Waals surface area contributed by atoms with Crippen LogP contribution >= 0.6 is 23.2 Å². The fourth-order valence-electron chi connectivity index (χ4n) is 2.75. The van der Waals surface area contributed by atoms with E-state index in [1.54, 1.807) is 11.0 Å². The van der Waals surface area contributed by atoms with Gasteiger partial charge in [0.25, 0.3) is 0 Å². The third-order valence-corrected chi connectivity index (χ3v) is 4.43. The predicted molar refractivity (Wildman–Crippen MR) is 87.8 cm³/mol. The minimum Gasteiger partial charge on any atom is -0.341 e. The van der Waals surface area contributed by atoms with Gasteiger partial charge in [-0.3, -0.25) is 4.79 Å². The summed E-state index contributed by atoms with van der Waals surface area (Å²) in [6.07, 6.45) is 3.97. The molecule has 1 aromatic rings. The Balaban J connectivity index is 1.81. The van der Waals surface area contributed by atoms with E-state index < -0.39 is 0 Å². The molecule has 1 aliphatic heterocycles. The normalized spacial score (nSPS) is 16.0. The summed E-state index contributed by atoms with van der Waals surface area (Å²) in [7, 11) is 1.83. The number of nitrogens with zero attached hydrogens (tertiary/aromatic N) is 1. The number of rotatable bonds is 5. The van der Waals surface area contributed by atoms with Crippen molar-refractivity contribution in [3.8, 4) is 0 Å². The number of amides is 1. The summed E-state index contributed by atoms with van der Waals surface area (Å²) >= 11 is 12.0.